The lowest BCUT2D eigenvalue weighted by molar-refractivity contribution is 0.0437. The highest BCUT2D eigenvalue weighted by Crippen LogP contribution is 2.20. The normalized spacial score (nSPS) is 13.7. The molecule has 25 heavy (non-hydrogen) atoms. The Kier molecular flexibility index (Phi) is 8.91. The largest absolute Gasteiger partial charge is 0.466 e. The standard InChI is InChI=1S/C18H26N4O2.HI/c1-4-20-17(21-10-8-15-7-9-19-12-14(15)2)22-13-18(3,23)16-6-5-11-24-16;/h5-7,9,11-12,23H,4,8,10,13H2,1-3H3,(H2,20,21,22);1H. The zero-order valence-corrected chi connectivity index (χ0v) is 17.3. The maximum atomic E-state index is 10.5. The van der Waals surface area contributed by atoms with Gasteiger partial charge in [-0.25, -0.2) is 4.99 Å². The van der Waals surface area contributed by atoms with Gasteiger partial charge in [-0.2, -0.15) is 0 Å². The molecule has 0 aliphatic heterocycles. The van der Waals surface area contributed by atoms with E-state index in [-0.39, 0.29) is 30.5 Å². The molecule has 7 heteroatoms. The Balaban J connectivity index is 0.00000312. The number of rotatable bonds is 7. The number of guanidine groups is 1. The molecule has 0 spiro atoms. The Morgan fingerprint density at radius 1 is 1.36 bits per heavy atom. The van der Waals surface area contributed by atoms with E-state index >= 15 is 0 Å². The van der Waals surface area contributed by atoms with E-state index in [1.54, 1.807) is 25.3 Å². The summed E-state index contributed by atoms with van der Waals surface area (Å²) in [4.78, 5) is 8.57. The third kappa shape index (κ3) is 6.66. The third-order valence-corrected chi connectivity index (χ3v) is 3.76. The molecule has 6 nitrogen and oxygen atoms in total. The summed E-state index contributed by atoms with van der Waals surface area (Å²) in [7, 11) is 0. The van der Waals surface area contributed by atoms with E-state index in [1.165, 1.54) is 11.1 Å². The summed E-state index contributed by atoms with van der Waals surface area (Å²) in [6.45, 7) is 7.48. The second-order valence-corrected chi connectivity index (χ2v) is 5.93. The van der Waals surface area contributed by atoms with Crippen LogP contribution in [0.2, 0.25) is 0 Å². The number of halogens is 1. The van der Waals surface area contributed by atoms with E-state index < -0.39 is 5.60 Å². The number of aryl methyl sites for hydroxylation is 1. The zero-order valence-electron chi connectivity index (χ0n) is 15.0. The molecule has 138 valence electrons. The van der Waals surface area contributed by atoms with Gasteiger partial charge in [0.15, 0.2) is 5.96 Å². The van der Waals surface area contributed by atoms with Gasteiger partial charge in [-0.3, -0.25) is 4.98 Å². The van der Waals surface area contributed by atoms with E-state index in [4.69, 9.17) is 4.42 Å². The summed E-state index contributed by atoms with van der Waals surface area (Å²) in [5, 5.41) is 16.9. The van der Waals surface area contributed by atoms with Crippen LogP contribution in [0.15, 0.2) is 46.3 Å². The van der Waals surface area contributed by atoms with E-state index in [2.05, 4.69) is 27.5 Å². The number of pyridine rings is 1. The molecule has 2 rings (SSSR count). The van der Waals surface area contributed by atoms with Gasteiger partial charge in [-0.1, -0.05) is 0 Å². The molecule has 0 bridgehead atoms. The average molecular weight is 458 g/mol. The molecule has 2 aromatic heterocycles. The number of hydrogen-bond donors (Lipinski definition) is 3. The Morgan fingerprint density at radius 2 is 2.16 bits per heavy atom. The molecular weight excluding hydrogens is 431 g/mol. The second kappa shape index (κ2) is 10.4. The molecule has 0 fully saturated rings. The Bertz CT molecular complexity index is 657. The summed E-state index contributed by atoms with van der Waals surface area (Å²) in [5.41, 5.74) is 1.31. The van der Waals surface area contributed by atoms with Crippen molar-refractivity contribution in [2.75, 3.05) is 19.6 Å². The Labute approximate surface area is 166 Å². The van der Waals surface area contributed by atoms with Gasteiger partial charge in [0.1, 0.15) is 11.4 Å². The Morgan fingerprint density at radius 3 is 2.80 bits per heavy atom. The van der Waals surface area contributed by atoms with Crippen molar-refractivity contribution in [2.45, 2.75) is 32.8 Å². The van der Waals surface area contributed by atoms with E-state index in [0.29, 0.717) is 11.7 Å². The van der Waals surface area contributed by atoms with Crippen LogP contribution in [0.4, 0.5) is 0 Å². The molecule has 0 aliphatic carbocycles. The van der Waals surface area contributed by atoms with Crippen molar-refractivity contribution in [1.29, 1.82) is 0 Å². The number of aliphatic imine (C=N–C) groups is 1. The topological polar surface area (TPSA) is 82.7 Å². The summed E-state index contributed by atoms with van der Waals surface area (Å²) >= 11 is 0. The van der Waals surface area contributed by atoms with Crippen LogP contribution in [-0.2, 0) is 12.0 Å². The highest BCUT2D eigenvalue weighted by molar-refractivity contribution is 14.0. The molecular formula is C18H27IN4O2. The molecule has 0 radical (unpaired) electrons. The van der Waals surface area contributed by atoms with Gasteiger partial charge in [0.25, 0.3) is 0 Å². The first-order valence-electron chi connectivity index (χ1n) is 8.21. The fourth-order valence-corrected chi connectivity index (χ4v) is 2.34. The number of aromatic nitrogens is 1. The van der Waals surface area contributed by atoms with Crippen LogP contribution in [0.25, 0.3) is 0 Å². The van der Waals surface area contributed by atoms with Crippen LogP contribution in [0.1, 0.15) is 30.7 Å². The lowest BCUT2D eigenvalue weighted by Crippen LogP contribution is -2.39. The molecule has 1 atom stereocenters. The monoisotopic (exact) mass is 458 g/mol. The van der Waals surface area contributed by atoms with Gasteiger partial charge in [-0.05, 0) is 56.5 Å². The lowest BCUT2D eigenvalue weighted by atomic mass is 10.0. The first kappa shape index (κ1) is 21.4. The van der Waals surface area contributed by atoms with Gasteiger partial charge in [0, 0.05) is 25.5 Å². The van der Waals surface area contributed by atoms with Crippen LogP contribution in [0.3, 0.4) is 0 Å². The predicted molar refractivity (Wildman–Crippen MR) is 110 cm³/mol. The number of hydrogen-bond acceptors (Lipinski definition) is 4. The van der Waals surface area contributed by atoms with Crippen LogP contribution in [0.5, 0.6) is 0 Å². The van der Waals surface area contributed by atoms with E-state index in [9.17, 15) is 5.11 Å². The van der Waals surface area contributed by atoms with Crippen molar-refractivity contribution in [3.05, 3.63) is 53.7 Å². The molecule has 0 aliphatic rings. The van der Waals surface area contributed by atoms with Crippen LogP contribution in [-0.4, -0.2) is 35.7 Å². The molecule has 0 amide bonds. The fraction of sp³-hybridized carbons (Fsp3) is 0.444. The summed E-state index contributed by atoms with van der Waals surface area (Å²) in [6.07, 6.45) is 6.11. The minimum Gasteiger partial charge on any atom is -0.466 e. The highest BCUT2D eigenvalue weighted by atomic mass is 127. The Hall–Kier alpha value is -1.61. The molecule has 1 unspecified atom stereocenters. The number of nitrogens with zero attached hydrogens (tertiary/aromatic N) is 2. The SMILES string of the molecule is CCNC(=NCC(C)(O)c1ccco1)NCCc1ccncc1C.I. The van der Waals surface area contributed by atoms with Crippen LogP contribution in [0, 0.1) is 6.92 Å². The van der Waals surface area contributed by atoms with Crippen molar-refractivity contribution < 1.29 is 9.52 Å². The molecule has 2 aromatic rings. The molecule has 2 heterocycles. The molecule has 3 N–H and O–H groups in total. The number of aliphatic hydroxyl groups is 1. The molecule has 0 aromatic carbocycles. The first-order valence-corrected chi connectivity index (χ1v) is 8.21. The fourth-order valence-electron chi connectivity index (χ4n) is 2.34. The average Bonchev–Trinajstić information content (AvgIpc) is 3.10. The maximum Gasteiger partial charge on any atom is 0.191 e. The maximum absolute atomic E-state index is 10.5. The van der Waals surface area contributed by atoms with Crippen LogP contribution < -0.4 is 10.6 Å². The van der Waals surface area contributed by atoms with Crippen molar-refractivity contribution in [2.24, 2.45) is 4.99 Å². The van der Waals surface area contributed by atoms with Gasteiger partial charge < -0.3 is 20.2 Å². The summed E-state index contributed by atoms with van der Waals surface area (Å²) in [6, 6.07) is 5.54. The first-order chi connectivity index (χ1) is 11.5. The van der Waals surface area contributed by atoms with E-state index in [0.717, 1.165) is 19.5 Å². The smallest absolute Gasteiger partial charge is 0.191 e. The molecule has 0 saturated carbocycles. The minimum atomic E-state index is -1.13. The van der Waals surface area contributed by atoms with E-state index in [1.807, 2.05) is 25.4 Å². The van der Waals surface area contributed by atoms with Gasteiger partial charge >= 0.3 is 0 Å². The number of nitrogens with one attached hydrogen (secondary N) is 2. The predicted octanol–water partition coefficient (Wildman–Crippen LogP) is 2.61. The second-order valence-electron chi connectivity index (χ2n) is 5.93. The molecule has 0 saturated heterocycles. The van der Waals surface area contributed by atoms with Gasteiger partial charge in [0.2, 0.25) is 0 Å². The summed E-state index contributed by atoms with van der Waals surface area (Å²) in [5.74, 6) is 1.19. The van der Waals surface area contributed by atoms with Gasteiger partial charge in [-0.15, -0.1) is 24.0 Å². The van der Waals surface area contributed by atoms with Crippen molar-refractivity contribution in [3.8, 4) is 0 Å². The lowest BCUT2D eigenvalue weighted by Gasteiger charge is -2.19. The highest BCUT2D eigenvalue weighted by Gasteiger charge is 2.26. The quantitative estimate of drug-likeness (QED) is 0.338. The third-order valence-electron chi connectivity index (χ3n) is 3.76. The minimum absolute atomic E-state index is 0. The zero-order chi connectivity index (χ0) is 17.4. The number of furan rings is 1. The van der Waals surface area contributed by atoms with Crippen LogP contribution >= 0.6 is 24.0 Å². The van der Waals surface area contributed by atoms with Gasteiger partial charge in [0.05, 0.1) is 12.8 Å². The van der Waals surface area contributed by atoms with Crippen molar-refractivity contribution in [3.63, 3.8) is 0 Å². The van der Waals surface area contributed by atoms with Crippen molar-refractivity contribution in [1.82, 2.24) is 15.6 Å². The summed E-state index contributed by atoms with van der Waals surface area (Å²) < 4.78 is 5.28. The van der Waals surface area contributed by atoms with Crippen molar-refractivity contribution >= 4 is 29.9 Å².